The highest BCUT2D eigenvalue weighted by molar-refractivity contribution is 6.17. The second-order valence-electron chi connectivity index (χ2n) is 4.04. The third-order valence-corrected chi connectivity index (χ3v) is 2.87. The standard InChI is InChI=1S/C14H17ClN2O/c15-9-5-4-8-14(18)17(11-10-16)12-13-6-2-1-3-7-13/h1-3,6-7H,4-5,8-9,11-12H2. The van der Waals surface area contributed by atoms with Gasteiger partial charge in [0.25, 0.3) is 0 Å². The zero-order valence-electron chi connectivity index (χ0n) is 10.3. The number of benzene rings is 1. The molecular weight excluding hydrogens is 248 g/mol. The van der Waals surface area contributed by atoms with E-state index in [1.54, 1.807) is 4.90 Å². The molecule has 18 heavy (non-hydrogen) atoms. The molecule has 0 radical (unpaired) electrons. The molecule has 0 fully saturated rings. The predicted octanol–water partition coefficient (Wildman–Crippen LogP) is 2.95. The maximum Gasteiger partial charge on any atom is 0.223 e. The molecule has 96 valence electrons. The fraction of sp³-hybridized carbons (Fsp3) is 0.429. The van der Waals surface area contributed by atoms with E-state index < -0.39 is 0 Å². The van der Waals surface area contributed by atoms with Crippen molar-refractivity contribution in [3.8, 4) is 6.07 Å². The molecule has 1 aromatic carbocycles. The molecule has 0 heterocycles. The lowest BCUT2D eigenvalue weighted by molar-refractivity contribution is -0.131. The smallest absolute Gasteiger partial charge is 0.223 e. The molecular formula is C14H17ClN2O. The Morgan fingerprint density at radius 1 is 1.28 bits per heavy atom. The molecule has 0 aromatic heterocycles. The third kappa shape index (κ3) is 5.20. The van der Waals surface area contributed by atoms with Crippen molar-refractivity contribution in [3.63, 3.8) is 0 Å². The summed E-state index contributed by atoms with van der Waals surface area (Å²) >= 11 is 5.58. The monoisotopic (exact) mass is 264 g/mol. The van der Waals surface area contributed by atoms with Crippen molar-refractivity contribution >= 4 is 17.5 Å². The summed E-state index contributed by atoms with van der Waals surface area (Å²) in [6.45, 7) is 0.628. The molecule has 0 spiro atoms. The Bertz CT molecular complexity index is 400. The van der Waals surface area contributed by atoms with E-state index in [0.29, 0.717) is 18.8 Å². The number of carbonyl (C=O) groups is 1. The molecule has 0 atom stereocenters. The van der Waals surface area contributed by atoms with E-state index >= 15 is 0 Å². The number of unbranched alkanes of at least 4 members (excludes halogenated alkanes) is 1. The van der Waals surface area contributed by atoms with E-state index in [4.69, 9.17) is 16.9 Å². The Labute approximate surface area is 113 Å². The average Bonchev–Trinajstić information content (AvgIpc) is 2.39. The number of nitrogens with zero attached hydrogens (tertiary/aromatic N) is 2. The Balaban J connectivity index is 2.54. The lowest BCUT2D eigenvalue weighted by Crippen LogP contribution is -2.30. The number of amides is 1. The topological polar surface area (TPSA) is 44.1 Å². The fourth-order valence-corrected chi connectivity index (χ4v) is 1.84. The van der Waals surface area contributed by atoms with Gasteiger partial charge >= 0.3 is 0 Å². The third-order valence-electron chi connectivity index (χ3n) is 2.60. The van der Waals surface area contributed by atoms with Crippen LogP contribution in [0.4, 0.5) is 0 Å². The molecule has 0 saturated carbocycles. The summed E-state index contributed by atoms with van der Waals surface area (Å²) in [5, 5.41) is 8.77. The zero-order chi connectivity index (χ0) is 13.2. The van der Waals surface area contributed by atoms with Crippen LogP contribution in [0.15, 0.2) is 30.3 Å². The quantitative estimate of drug-likeness (QED) is 0.432. The number of nitriles is 1. The van der Waals surface area contributed by atoms with Crippen LogP contribution in [0.5, 0.6) is 0 Å². The minimum atomic E-state index is 0.0190. The first-order valence-corrected chi connectivity index (χ1v) is 6.56. The zero-order valence-corrected chi connectivity index (χ0v) is 11.1. The van der Waals surface area contributed by atoms with E-state index in [-0.39, 0.29) is 12.5 Å². The number of halogens is 1. The lowest BCUT2D eigenvalue weighted by Gasteiger charge is -2.19. The molecule has 0 bridgehead atoms. The van der Waals surface area contributed by atoms with Crippen molar-refractivity contribution in [2.45, 2.75) is 25.8 Å². The first-order chi connectivity index (χ1) is 8.77. The van der Waals surface area contributed by atoms with Gasteiger partial charge in [-0.05, 0) is 18.4 Å². The van der Waals surface area contributed by atoms with E-state index in [1.165, 1.54) is 0 Å². The van der Waals surface area contributed by atoms with Crippen LogP contribution in [-0.2, 0) is 11.3 Å². The maximum atomic E-state index is 11.9. The van der Waals surface area contributed by atoms with Crippen LogP contribution >= 0.6 is 11.6 Å². The van der Waals surface area contributed by atoms with E-state index in [2.05, 4.69) is 0 Å². The van der Waals surface area contributed by atoms with Gasteiger partial charge < -0.3 is 4.90 Å². The Hall–Kier alpha value is -1.53. The van der Waals surface area contributed by atoms with Gasteiger partial charge in [-0.25, -0.2) is 0 Å². The van der Waals surface area contributed by atoms with Gasteiger partial charge in [0.1, 0.15) is 6.54 Å². The molecule has 4 heteroatoms. The molecule has 0 saturated heterocycles. The Morgan fingerprint density at radius 2 is 2.00 bits per heavy atom. The molecule has 0 aliphatic carbocycles. The van der Waals surface area contributed by atoms with Gasteiger partial charge in [-0.2, -0.15) is 5.26 Å². The van der Waals surface area contributed by atoms with Gasteiger partial charge in [0.15, 0.2) is 0 Å². The number of alkyl halides is 1. The highest BCUT2D eigenvalue weighted by Crippen LogP contribution is 2.08. The van der Waals surface area contributed by atoms with Crippen LogP contribution < -0.4 is 0 Å². The minimum absolute atomic E-state index is 0.0190. The molecule has 1 rings (SSSR count). The van der Waals surface area contributed by atoms with E-state index in [9.17, 15) is 4.79 Å². The van der Waals surface area contributed by atoms with Gasteiger partial charge in [-0.1, -0.05) is 30.3 Å². The van der Waals surface area contributed by atoms with Gasteiger partial charge in [0.05, 0.1) is 6.07 Å². The Morgan fingerprint density at radius 3 is 2.61 bits per heavy atom. The summed E-state index contributed by atoms with van der Waals surface area (Å²) in [7, 11) is 0. The van der Waals surface area contributed by atoms with Crippen LogP contribution in [0.2, 0.25) is 0 Å². The number of hydrogen-bond donors (Lipinski definition) is 0. The molecule has 3 nitrogen and oxygen atoms in total. The molecule has 0 unspecified atom stereocenters. The van der Waals surface area contributed by atoms with Crippen molar-refractivity contribution in [1.29, 1.82) is 5.26 Å². The van der Waals surface area contributed by atoms with Crippen molar-refractivity contribution in [3.05, 3.63) is 35.9 Å². The summed E-state index contributed by atoms with van der Waals surface area (Å²) in [5.74, 6) is 0.593. The van der Waals surface area contributed by atoms with Crippen molar-refractivity contribution < 1.29 is 4.79 Å². The van der Waals surface area contributed by atoms with Gasteiger partial charge in [0, 0.05) is 18.8 Å². The second-order valence-corrected chi connectivity index (χ2v) is 4.42. The summed E-state index contributed by atoms with van der Waals surface area (Å²) in [6, 6.07) is 11.7. The number of rotatable bonds is 7. The van der Waals surface area contributed by atoms with Crippen molar-refractivity contribution in [1.82, 2.24) is 4.90 Å². The van der Waals surface area contributed by atoms with Gasteiger partial charge in [-0.15, -0.1) is 11.6 Å². The summed E-state index contributed by atoms with van der Waals surface area (Å²) in [6.07, 6.45) is 2.07. The van der Waals surface area contributed by atoms with Crippen molar-refractivity contribution in [2.75, 3.05) is 12.4 Å². The summed E-state index contributed by atoms with van der Waals surface area (Å²) in [4.78, 5) is 13.5. The second kappa shape index (κ2) is 8.54. The first kappa shape index (κ1) is 14.5. The normalized spacial score (nSPS) is 9.78. The largest absolute Gasteiger partial charge is 0.325 e. The average molecular weight is 265 g/mol. The summed E-state index contributed by atoms with van der Waals surface area (Å²) in [5.41, 5.74) is 1.04. The molecule has 0 N–H and O–H groups in total. The first-order valence-electron chi connectivity index (χ1n) is 6.02. The Kier molecular flexibility index (Phi) is 6.90. The molecule has 1 amide bonds. The van der Waals surface area contributed by atoms with Crippen LogP contribution in [-0.4, -0.2) is 23.2 Å². The molecule has 0 aliphatic rings. The number of carbonyl (C=O) groups excluding carboxylic acids is 1. The van der Waals surface area contributed by atoms with Crippen LogP contribution in [0.1, 0.15) is 24.8 Å². The highest BCUT2D eigenvalue weighted by Gasteiger charge is 2.12. The molecule has 0 aliphatic heterocycles. The van der Waals surface area contributed by atoms with Crippen LogP contribution in [0, 0.1) is 11.3 Å². The van der Waals surface area contributed by atoms with E-state index in [1.807, 2.05) is 36.4 Å². The number of hydrogen-bond acceptors (Lipinski definition) is 2. The predicted molar refractivity (Wildman–Crippen MR) is 72.0 cm³/mol. The van der Waals surface area contributed by atoms with Crippen molar-refractivity contribution in [2.24, 2.45) is 0 Å². The summed E-state index contributed by atoms with van der Waals surface area (Å²) < 4.78 is 0. The van der Waals surface area contributed by atoms with Gasteiger partial charge in [0.2, 0.25) is 5.91 Å². The minimum Gasteiger partial charge on any atom is -0.325 e. The van der Waals surface area contributed by atoms with Crippen LogP contribution in [0.25, 0.3) is 0 Å². The SMILES string of the molecule is N#CCN(Cc1ccccc1)C(=O)CCCCCl. The van der Waals surface area contributed by atoms with E-state index in [0.717, 1.165) is 18.4 Å². The fourth-order valence-electron chi connectivity index (χ4n) is 1.65. The lowest BCUT2D eigenvalue weighted by atomic mass is 10.2. The maximum absolute atomic E-state index is 11.9. The highest BCUT2D eigenvalue weighted by atomic mass is 35.5. The van der Waals surface area contributed by atoms with Gasteiger partial charge in [-0.3, -0.25) is 4.79 Å². The molecule has 1 aromatic rings. The van der Waals surface area contributed by atoms with Crippen LogP contribution in [0.3, 0.4) is 0 Å².